The normalized spacial score (nSPS) is 9.88. The lowest BCUT2D eigenvalue weighted by atomic mass is 10.4. The standard InChI is InChI=1S/C10H7N3O4/c14-12-5-3-9(13(15)16)10(7-12)17-8-2-1-4-11-6-8/h1-7H. The minimum Gasteiger partial charge on any atom is -0.619 e. The van der Waals surface area contributed by atoms with E-state index in [4.69, 9.17) is 4.74 Å². The maximum atomic E-state index is 11.1. The molecule has 86 valence electrons. The van der Waals surface area contributed by atoms with Crippen molar-refractivity contribution < 1.29 is 14.4 Å². The van der Waals surface area contributed by atoms with Crippen LogP contribution < -0.4 is 9.47 Å². The Hall–Kier alpha value is -2.70. The molecule has 2 rings (SSSR count). The van der Waals surface area contributed by atoms with Crippen LogP contribution in [-0.2, 0) is 0 Å². The summed E-state index contributed by atoms with van der Waals surface area (Å²) in [6.45, 7) is 0. The van der Waals surface area contributed by atoms with E-state index in [9.17, 15) is 15.3 Å². The summed E-state index contributed by atoms with van der Waals surface area (Å²) in [5.41, 5.74) is -0.277. The van der Waals surface area contributed by atoms with Crippen LogP contribution in [-0.4, -0.2) is 9.91 Å². The molecule has 7 nitrogen and oxygen atoms in total. The first-order valence-electron chi connectivity index (χ1n) is 4.62. The van der Waals surface area contributed by atoms with Gasteiger partial charge >= 0.3 is 5.69 Å². The molecule has 0 spiro atoms. The largest absolute Gasteiger partial charge is 0.619 e. The van der Waals surface area contributed by atoms with Crippen molar-refractivity contribution >= 4 is 5.69 Å². The zero-order valence-corrected chi connectivity index (χ0v) is 8.52. The predicted octanol–water partition coefficient (Wildman–Crippen LogP) is 1.42. The quantitative estimate of drug-likeness (QED) is 0.346. The molecule has 0 unspecified atom stereocenters. The number of nitrogens with zero attached hydrogens (tertiary/aromatic N) is 3. The summed E-state index contributed by atoms with van der Waals surface area (Å²) in [4.78, 5) is 13.9. The second-order valence-electron chi connectivity index (χ2n) is 3.10. The summed E-state index contributed by atoms with van der Waals surface area (Å²) in [7, 11) is 0. The fraction of sp³-hybridized carbons (Fsp3) is 0. The van der Waals surface area contributed by atoms with Crippen LogP contribution in [0.5, 0.6) is 11.5 Å². The van der Waals surface area contributed by atoms with E-state index in [0.29, 0.717) is 10.5 Å². The highest BCUT2D eigenvalue weighted by Crippen LogP contribution is 2.28. The Morgan fingerprint density at radius 1 is 1.41 bits per heavy atom. The fourth-order valence-corrected chi connectivity index (χ4v) is 1.21. The molecule has 0 aliphatic rings. The number of hydrogen-bond acceptors (Lipinski definition) is 5. The van der Waals surface area contributed by atoms with Crippen LogP contribution in [0, 0.1) is 15.3 Å². The van der Waals surface area contributed by atoms with Crippen LogP contribution in [0.25, 0.3) is 0 Å². The number of rotatable bonds is 3. The van der Waals surface area contributed by atoms with Crippen molar-refractivity contribution in [3.8, 4) is 11.5 Å². The first kappa shape index (κ1) is 10.8. The molecule has 0 N–H and O–H groups in total. The molecule has 0 radical (unpaired) electrons. The first-order chi connectivity index (χ1) is 8.16. The maximum Gasteiger partial charge on any atom is 0.323 e. The Labute approximate surface area is 95.7 Å². The zero-order chi connectivity index (χ0) is 12.3. The predicted molar refractivity (Wildman–Crippen MR) is 56.4 cm³/mol. The van der Waals surface area contributed by atoms with Gasteiger partial charge in [-0.1, -0.05) is 0 Å². The number of nitro groups is 1. The van der Waals surface area contributed by atoms with Crippen LogP contribution in [0.1, 0.15) is 0 Å². The van der Waals surface area contributed by atoms with Crippen molar-refractivity contribution in [1.29, 1.82) is 0 Å². The van der Waals surface area contributed by atoms with Crippen LogP contribution in [0.2, 0.25) is 0 Å². The van der Waals surface area contributed by atoms with Gasteiger partial charge in [0.05, 0.1) is 17.2 Å². The molecule has 0 saturated heterocycles. The second-order valence-corrected chi connectivity index (χ2v) is 3.10. The minimum atomic E-state index is -0.619. The Balaban J connectivity index is 2.37. The molecule has 7 heteroatoms. The molecule has 0 amide bonds. The van der Waals surface area contributed by atoms with Crippen molar-refractivity contribution in [3.05, 3.63) is 58.3 Å². The van der Waals surface area contributed by atoms with Gasteiger partial charge in [0.2, 0.25) is 6.20 Å². The molecule has 0 bridgehead atoms. The molecule has 0 aromatic carbocycles. The topological polar surface area (TPSA) is 92.2 Å². The Kier molecular flexibility index (Phi) is 2.82. The van der Waals surface area contributed by atoms with Crippen LogP contribution in [0.3, 0.4) is 0 Å². The Morgan fingerprint density at radius 2 is 2.24 bits per heavy atom. The summed E-state index contributed by atoms with van der Waals surface area (Å²) in [6.07, 6.45) is 4.96. The second kappa shape index (κ2) is 4.44. The van der Waals surface area contributed by atoms with Crippen molar-refractivity contribution in [2.24, 2.45) is 0 Å². The molecule has 0 atom stereocenters. The van der Waals surface area contributed by atoms with E-state index < -0.39 is 4.92 Å². The lowest BCUT2D eigenvalue weighted by molar-refractivity contribution is -0.606. The third-order valence-corrected chi connectivity index (χ3v) is 1.94. The van der Waals surface area contributed by atoms with Crippen LogP contribution in [0.4, 0.5) is 5.69 Å². The summed E-state index contributed by atoms with van der Waals surface area (Å²) >= 11 is 0. The van der Waals surface area contributed by atoms with Crippen molar-refractivity contribution in [3.63, 3.8) is 0 Å². The van der Waals surface area contributed by atoms with Gasteiger partial charge in [-0.05, 0) is 12.1 Å². The van der Waals surface area contributed by atoms with E-state index >= 15 is 0 Å². The molecule has 0 aliphatic carbocycles. The van der Waals surface area contributed by atoms with Gasteiger partial charge in [-0.2, -0.15) is 4.73 Å². The average Bonchev–Trinajstić information content (AvgIpc) is 2.30. The van der Waals surface area contributed by atoms with E-state index in [2.05, 4.69) is 4.98 Å². The maximum absolute atomic E-state index is 11.1. The molecule has 0 aliphatic heterocycles. The SMILES string of the molecule is O=[N+]([O-])c1cc[n+]([O-])cc1Oc1cccnc1. The number of pyridine rings is 2. The highest BCUT2D eigenvalue weighted by Gasteiger charge is 2.19. The van der Waals surface area contributed by atoms with E-state index in [0.717, 1.165) is 18.5 Å². The van der Waals surface area contributed by atoms with Crippen molar-refractivity contribution in [2.75, 3.05) is 0 Å². The Morgan fingerprint density at radius 3 is 2.88 bits per heavy atom. The molecule has 0 saturated carbocycles. The van der Waals surface area contributed by atoms with Gasteiger partial charge in [-0.15, -0.1) is 0 Å². The summed E-state index contributed by atoms with van der Waals surface area (Å²) in [6, 6.07) is 4.28. The van der Waals surface area contributed by atoms with Gasteiger partial charge in [0, 0.05) is 6.20 Å². The van der Waals surface area contributed by atoms with Gasteiger partial charge in [-0.3, -0.25) is 15.1 Å². The average molecular weight is 233 g/mol. The molecular weight excluding hydrogens is 226 g/mol. The van der Waals surface area contributed by atoms with Crippen molar-refractivity contribution in [2.45, 2.75) is 0 Å². The monoisotopic (exact) mass is 233 g/mol. The molecule has 17 heavy (non-hydrogen) atoms. The van der Waals surface area contributed by atoms with E-state index in [-0.39, 0.29) is 11.4 Å². The molecule has 2 aromatic heterocycles. The summed E-state index contributed by atoms with van der Waals surface area (Å²) in [5, 5.41) is 21.8. The minimum absolute atomic E-state index is 0.125. The van der Waals surface area contributed by atoms with Crippen molar-refractivity contribution in [1.82, 2.24) is 4.98 Å². The lowest BCUT2D eigenvalue weighted by Crippen LogP contribution is -2.24. The first-order valence-corrected chi connectivity index (χ1v) is 4.62. The molecule has 2 aromatic rings. The molecule has 0 fully saturated rings. The highest BCUT2D eigenvalue weighted by atomic mass is 16.6. The van der Waals surface area contributed by atoms with Crippen LogP contribution in [0.15, 0.2) is 43.0 Å². The highest BCUT2D eigenvalue weighted by molar-refractivity contribution is 5.44. The van der Waals surface area contributed by atoms with Gasteiger partial charge < -0.3 is 9.94 Å². The van der Waals surface area contributed by atoms with Gasteiger partial charge in [0.25, 0.3) is 5.75 Å². The fourth-order valence-electron chi connectivity index (χ4n) is 1.21. The number of aromatic nitrogens is 2. The number of ether oxygens (including phenoxy) is 1. The van der Waals surface area contributed by atoms with Crippen LogP contribution >= 0.6 is 0 Å². The lowest BCUT2D eigenvalue weighted by Gasteiger charge is -2.04. The third-order valence-electron chi connectivity index (χ3n) is 1.94. The van der Waals surface area contributed by atoms with E-state index in [1.807, 2.05) is 0 Å². The van der Waals surface area contributed by atoms with E-state index in [1.165, 1.54) is 6.20 Å². The summed E-state index contributed by atoms with van der Waals surface area (Å²) in [5.74, 6) is 0.197. The van der Waals surface area contributed by atoms with Gasteiger partial charge in [-0.25, -0.2) is 0 Å². The number of hydrogen-bond donors (Lipinski definition) is 0. The molecule has 2 heterocycles. The summed E-state index contributed by atoms with van der Waals surface area (Å²) < 4.78 is 5.66. The Bertz CT molecular complexity index is 545. The zero-order valence-electron chi connectivity index (χ0n) is 8.52. The van der Waals surface area contributed by atoms with E-state index in [1.54, 1.807) is 18.3 Å². The van der Waals surface area contributed by atoms with Gasteiger partial charge in [0.15, 0.2) is 6.20 Å². The van der Waals surface area contributed by atoms with Gasteiger partial charge in [0.1, 0.15) is 5.75 Å². The molecular formula is C10H7N3O4. The smallest absolute Gasteiger partial charge is 0.323 e. The third kappa shape index (κ3) is 2.46.